The van der Waals surface area contributed by atoms with Crippen LogP contribution in [0, 0.1) is 11.6 Å². The van der Waals surface area contributed by atoms with Crippen molar-refractivity contribution in [3.05, 3.63) is 47.0 Å². The van der Waals surface area contributed by atoms with Gasteiger partial charge in [0.25, 0.3) is 0 Å². The molecule has 0 aliphatic rings. The number of hydrogen-bond acceptors (Lipinski definition) is 2. The van der Waals surface area contributed by atoms with E-state index >= 15 is 0 Å². The highest BCUT2D eigenvalue weighted by molar-refractivity contribution is 9.08. The van der Waals surface area contributed by atoms with Crippen molar-refractivity contribution >= 4 is 15.9 Å². The zero-order chi connectivity index (χ0) is 14.0. The standard InChI is InChI=1S/C13H14BrF2N3/c1-8(2)19-12(17-18-13(19)7-14)6-9-10(15)4-3-5-11(9)16/h3-5,8H,6-7H2,1-2H3. The van der Waals surface area contributed by atoms with Crippen LogP contribution in [0.2, 0.25) is 0 Å². The largest absolute Gasteiger partial charge is 0.311 e. The molecule has 2 rings (SSSR count). The fourth-order valence-corrected chi connectivity index (χ4v) is 2.41. The van der Waals surface area contributed by atoms with Gasteiger partial charge in [-0.1, -0.05) is 22.0 Å². The number of halogens is 3. The minimum absolute atomic E-state index is 0.0259. The molecule has 0 radical (unpaired) electrons. The summed E-state index contributed by atoms with van der Waals surface area (Å²) < 4.78 is 29.2. The van der Waals surface area contributed by atoms with Gasteiger partial charge in [-0.15, -0.1) is 10.2 Å². The van der Waals surface area contributed by atoms with Gasteiger partial charge in [0, 0.05) is 18.0 Å². The Hall–Kier alpha value is -1.30. The zero-order valence-corrected chi connectivity index (χ0v) is 12.3. The van der Waals surface area contributed by atoms with Crippen molar-refractivity contribution in [3.63, 3.8) is 0 Å². The van der Waals surface area contributed by atoms with Gasteiger partial charge < -0.3 is 4.57 Å². The first kappa shape index (κ1) is 14.1. The van der Waals surface area contributed by atoms with Gasteiger partial charge in [0.2, 0.25) is 0 Å². The molecule has 0 aliphatic heterocycles. The Bertz CT molecular complexity index is 561. The first-order chi connectivity index (χ1) is 9.04. The normalized spacial score (nSPS) is 11.3. The summed E-state index contributed by atoms with van der Waals surface area (Å²) in [6.07, 6.45) is 0.0939. The molecule has 0 saturated carbocycles. The van der Waals surface area contributed by atoms with E-state index in [4.69, 9.17) is 0 Å². The Kier molecular flexibility index (Phi) is 4.29. The molecule has 1 aromatic heterocycles. The minimum atomic E-state index is -0.557. The van der Waals surface area contributed by atoms with Crippen LogP contribution in [0.25, 0.3) is 0 Å². The molecule has 0 N–H and O–H groups in total. The quantitative estimate of drug-likeness (QED) is 0.802. The van der Waals surface area contributed by atoms with E-state index in [0.29, 0.717) is 11.2 Å². The van der Waals surface area contributed by atoms with Crippen molar-refractivity contribution in [1.29, 1.82) is 0 Å². The summed E-state index contributed by atoms with van der Waals surface area (Å²) in [7, 11) is 0. The fraction of sp³-hybridized carbons (Fsp3) is 0.385. The second-order valence-corrected chi connectivity index (χ2v) is 5.07. The highest BCUT2D eigenvalue weighted by Gasteiger charge is 2.17. The van der Waals surface area contributed by atoms with Crippen LogP contribution >= 0.6 is 15.9 Å². The van der Waals surface area contributed by atoms with Crippen LogP contribution in [0.5, 0.6) is 0 Å². The van der Waals surface area contributed by atoms with E-state index in [9.17, 15) is 8.78 Å². The van der Waals surface area contributed by atoms with Gasteiger partial charge in [0.05, 0.1) is 5.33 Å². The average Bonchev–Trinajstić information content (AvgIpc) is 2.77. The molecule has 2 aromatic rings. The average molecular weight is 330 g/mol. The van der Waals surface area contributed by atoms with Crippen molar-refractivity contribution in [2.75, 3.05) is 0 Å². The molecule has 102 valence electrons. The summed E-state index contributed by atoms with van der Waals surface area (Å²) in [5, 5.41) is 8.62. The van der Waals surface area contributed by atoms with Crippen LogP contribution in [-0.2, 0) is 11.8 Å². The highest BCUT2D eigenvalue weighted by Crippen LogP contribution is 2.20. The van der Waals surface area contributed by atoms with Gasteiger partial charge in [-0.25, -0.2) is 8.78 Å². The number of aromatic nitrogens is 3. The molecule has 1 heterocycles. The maximum atomic E-state index is 13.7. The summed E-state index contributed by atoms with van der Waals surface area (Å²) in [6, 6.07) is 3.98. The minimum Gasteiger partial charge on any atom is -0.311 e. The van der Waals surface area contributed by atoms with E-state index in [2.05, 4.69) is 26.1 Å². The number of hydrogen-bond donors (Lipinski definition) is 0. The summed E-state index contributed by atoms with van der Waals surface area (Å²) in [5.74, 6) is 0.201. The first-order valence-corrected chi connectivity index (χ1v) is 7.08. The first-order valence-electron chi connectivity index (χ1n) is 5.96. The van der Waals surface area contributed by atoms with E-state index < -0.39 is 11.6 Å². The Morgan fingerprint density at radius 3 is 2.26 bits per heavy atom. The molecular formula is C13H14BrF2N3. The molecule has 0 amide bonds. The van der Waals surface area contributed by atoms with Crippen LogP contribution in [0.1, 0.15) is 37.1 Å². The van der Waals surface area contributed by atoms with Gasteiger partial charge in [0.1, 0.15) is 23.3 Å². The molecule has 0 fully saturated rings. The molecule has 19 heavy (non-hydrogen) atoms. The van der Waals surface area contributed by atoms with Gasteiger partial charge in [-0.3, -0.25) is 0 Å². The van der Waals surface area contributed by atoms with E-state index in [1.807, 2.05) is 18.4 Å². The van der Waals surface area contributed by atoms with Crippen molar-refractivity contribution in [3.8, 4) is 0 Å². The second-order valence-electron chi connectivity index (χ2n) is 4.51. The number of nitrogens with zero attached hydrogens (tertiary/aromatic N) is 3. The predicted octanol–water partition coefficient (Wildman–Crippen LogP) is 3.62. The Morgan fingerprint density at radius 1 is 1.16 bits per heavy atom. The Morgan fingerprint density at radius 2 is 1.74 bits per heavy atom. The highest BCUT2D eigenvalue weighted by atomic mass is 79.9. The summed E-state index contributed by atoms with van der Waals surface area (Å²) in [5.41, 5.74) is 0.0259. The zero-order valence-electron chi connectivity index (χ0n) is 10.7. The molecular weight excluding hydrogens is 316 g/mol. The van der Waals surface area contributed by atoms with Gasteiger partial charge in [0.15, 0.2) is 0 Å². The van der Waals surface area contributed by atoms with Crippen molar-refractivity contribution < 1.29 is 8.78 Å². The molecule has 0 atom stereocenters. The third-order valence-electron chi connectivity index (χ3n) is 2.87. The van der Waals surface area contributed by atoms with Crippen LogP contribution < -0.4 is 0 Å². The van der Waals surface area contributed by atoms with Crippen molar-refractivity contribution in [1.82, 2.24) is 14.8 Å². The van der Waals surface area contributed by atoms with Crippen LogP contribution in [-0.4, -0.2) is 14.8 Å². The van der Waals surface area contributed by atoms with Crippen LogP contribution in [0.4, 0.5) is 8.78 Å². The molecule has 0 spiro atoms. The molecule has 0 aliphatic carbocycles. The Labute approximate surface area is 118 Å². The summed E-state index contributed by atoms with van der Waals surface area (Å²) in [6.45, 7) is 3.97. The third-order valence-corrected chi connectivity index (χ3v) is 3.37. The molecule has 0 bridgehead atoms. The van der Waals surface area contributed by atoms with E-state index in [1.54, 1.807) is 0 Å². The number of alkyl halides is 1. The van der Waals surface area contributed by atoms with E-state index in [0.717, 1.165) is 5.82 Å². The maximum absolute atomic E-state index is 13.7. The molecule has 1 aromatic carbocycles. The molecule has 3 nitrogen and oxygen atoms in total. The monoisotopic (exact) mass is 329 g/mol. The van der Waals surface area contributed by atoms with E-state index in [1.165, 1.54) is 18.2 Å². The molecule has 0 saturated heterocycles. The summed E-state index contributed by atoms with van der Waals surface area (Å²) >= 11 is 3.33. The topological polar surface area (TPSA) is 30.7 Å². The molecule has 6 heteroatoms. The third kappa shape index (κ3) is 2.83. The Balaban J connectivity index is 2.41. The SMILES string of the molecule is CC(C)n1c(CBr)nnc1Cc1c(F)cccc1F. The van der Waals surface area contributed by atoms with Gasteiger partial charge in [-0.05, 0) is 26.0 Å². The van der Waals surface area contributed by atoms with Gasteiger partial charge in [-0.2, -0.15) is 0 Å². The lowest BCUT2D eigenvalue weighted by Crippen LogP contribution is -2.11. The maximum Gasteiger partial charge on any atom is 0.143 e. The van der Waals surface area contributed by atoms with Gasteiger partial charge >= 0.3 is 0 Å². The van der Waals surface area contributed by atoms with Crippen LogP contribution in [0.15, 0.2) is 18.2 Å². The number of rotatable bonds is 4. The second kappa shape index (κ2) is 5.77. The van der Waals surface area contributed by atoms with Crippen LogP contribution in [0.3, 0.4) is 0 Å². The fourth-order valence-electron chi connectivity index (χ4n) is 2.03. The lowest BCUT2D eigenvalue weighted by atomic mass is 10.1. The van der Waals surface area contributed by atoms with E-state index in [-0.39, 0.29) is 18.0 Å². The lowest BCUT2D eigenvalue weighted by molar-refractivity contribution is 0.535. The molecule has 0 unspecified atom stereocenters. The lowest BCUT2D eigenvalue weighted by Gasteiger charge is -2.13. The van der Waals surface area contributed by atoms with Crippen molar-refractivity contribution in [2.45, 2.75) is 31.6 Å². The smallest absolute Gasteiger partial charge is 0.143 e. The van der Waals surface area contributed by atoms with Crippen molar-refractivity contribution in [2.24, 2.45) is 0 Å². The predicted molar refractivity (Wildman–Crippen MR) is 72.2 cm³/mol. The summed E-state index contributed by atoms with van der Waals surface area (Å²) in [4.78, 5) is 0. The number of benzene rings is 1.